The fourth-order valence-corrected chi connectivity index (χ4v) is 7.35. The van der Waals surface area contributed by atoms with Crippen molar-refractivity contribution in [2.75, 3.05) is 16.4 Å². The van der Waals surface area contributed by atoms with Crippen molar-refractivity contribution < 1.29 is 22.7 Å². The molecule has 0 amide bonds. The average molecular weight is 509 g/mol. The topological polar surface area (TPSA) is 87.7 Å². The summed E-state index contributed by atoms with van der Waals surface area (Å²) in [4.78, 5) is 0.138. The van der Waals surface area contributed by atoms with Gasteiger partial charge in [0.1, 0.15) is 18.2 Å². The van der Waals surface area contributed by atoms with Crippen LogP contribution in [0.4, 0.5) is 15.8 Å². The highest BCUT2D eigenvalue weighted by atomic mass is 32.2. The molecular weight excluding hydrogens is 479 g/mol. The Bertz CT molecular complexity index is 1440. The highest BCUT2D eigenvalue weighted by molar-refractivity contribution is 7.95. The number of nitrogens with one attached hydrogen (secondary N) is 2. The third-order valence-electron chi connectivity index (χ3n) is 6.56. The Kier molecular flexibility index (Phi) is 6.26. The van der Waals surface area contributed by atoms with Gasteiger partial charge in [0.15, 0.2) is 9.84 Å². The number of para-hydroxylation sites is 1. The van der Waals surface area contributed by atoms with Crippen LogP contribution in [-0.2, 0) is 23.1 Å². The molecule has 3 aromatic rings. The van der Waals surface area contributed by atoms with E-state index in [4.69, 9.17) is 4.74 Å². The van der Waals surface area contributed by atoms with Crippen molar-refractivity contribution in [2.45, 2.75) is 39.5 Å². The van der Waals surface area contributed by atoms with Gasteiger partial charge in [0.05, 0.1) is 34.7 Å². The van der Waals surface area contributed by atoms with Crippen molar-refractivity contribution >= 4 is 21.2 Å². The molecule has 0 aromatic heterocycles. The monoisotopic (exact) mass is 508 g/mol. The molecule has 0 spiro atoms. The summed E-state index contributed by atoms with van der Waals surface area (Å²) in [5.41, 5.74) is 3.01. The Morgan fingerprint density at radius 2 is 1.86 bits per heavy atom. The van der Waals surface area contributed by atoms with Crippen molar-refractivity contribution in [3.8, 4) is 5.75 Å². The lowest BCUT2D eigenvalue weighted by Gasteiger charge is -2.34. The summed E-state index contributed by atoms with van der Waals surface area (Å²) in [5.74, 6) is -0.245. The first-order valence-corrected chi connectivity index (χ1v) is 13.5. The molecule has 2 aliphatic heterocycles. The molecule has 3 aromatic carbocycles. The first kappa shape index (κ1) is 24.3. The largest absolute Gasteiger partial charge is 0.489 e. The molecule has 0 unspecified atom stereocenters. The van der Waals surface area contributed by atoms with Crippen LogP contribution >= 0.6 is 0 Å². The fraction of sp³-hybridized carbons (Fsp3) is 0.286. The van der Waals surface area contributed by atoms with E-state index in [1.165, 1.54) is 6.07 Å². The SMILES string of the molecule is CC1(C)CC2=C([C@H](c3ccc(OCc4ccccc4)cc3F)Nc3cccc(CO)c3N2)S(=O)(=O)C1. The van der Waals surface area contributed by atoms with Crippen molar-refractivity contribution in [3.63, 3.8) is 0 Å². The minimum absolute atomic E-state index is 0.0399. The summed E-state index contributed by atoms with van der Waals surface area (Å²) < 4.78 is 48.5. The first-order valence-electron chi connectivity index (χ1n) is 11.9. The van der Waals surface area contributed by atoms with Gasteiger partial charge in [-0.1, -0.05) is 56.3 Å². The van der Waals surface area contributed by atoms with Gasteiger partial charge in [-0.25, -0.2) is 12.8 Å². The molecule has 0 fully saturated rings. The highest BCUT2D eigenvalue weighted by Gasteiger charge is 2.43. The molecule has 8 heteroatoms. The zero-order chi connectivity index (χ0) is 25.5. The summed E-state index contributed by atoms with van der Waals surface area (Å²) >= 11 is 0. The van der Waals surface area contributed by atoms with Crippen molar-refractivity contribution in [1.82, 2.24) is 0 Å². The van der Waals surface area contributed by atoms with Crippen LogP contribution in [-0.4, -0.2) is 19.3 Å². The standard InChI is InChI=1S/C28H29FN2O4S/c1-28(2)14-24-27(36(33,34)17-28)26(30-23-10-6-9-19(15-32)25(23)31-24)21-12-11-20(13-22(21)29)35-16-18-7-4-3-5-8-18/h3-13,26,30-32H,14-17H2,1-2H3/t26-/m0/s1. The van der Waals surface area contributed by atoms with Crippen LogP contribution in [0.1, 0.15) is 43.0 Å². The van der Waals surface area contributed by atoms with Crippen molar-refractivity contribution in [3.05, 3.63) is 99.8 Å². The number of halogens is 1. The molecule has 0 aliphatic carbocycles. The predicted molar refractivity (Wildman–Crippen MR) is 139 cm³/mol. The third-order valence-corrected chi connectivity index (χ3v) is 8.87. The van der Waals surface area contributed by atoms with Gasteiger partial charge in [0.25, 0.3) is 0 Å². The highest BCUT2D eigenvalue weighted by Crippen LogP contribution is 2.47. The molecule has 2 heterocycles. The van der Waals surface area contributed by atoms with Crippen LogP contribution < -0.4 is 15.4 Å². The average Bonchev–Trinajstić information content (AvgIpc) is 2.99. The Hall–Kier alpha value is -3.36. The molecule has 6 nitrogen and oxygen atoms in total. The van der Waals surface area contributed by atoms with Crippen molar-refractivity contribution in [1.29, 1.82) is 0 Å². The number of aliphatic hydroxyl groups is 1. The summed E-state index contributed by atoms with van der Waals surface area (Å²) in [6, 6.07) is 18.5. The van der Waals surface area contributed by atoms with E-state index < -0.39 is 27.1 Å². The van der Waals surface area contributed by atoms with E-state index in [2.05, 4.69) is 10.6 Å². The van der Waals surface area contributed by atoms with Gasteiger partial charge in [0.2, 0.25) is 0 Å². The van der Waals surface area contributed by atoms with E-state index in [0.29, 0.717) is 41.4 Å². The smallest absolute Gasteiger partial charge is 0.179 e. The number of ether oxygens (including phenoxy) is 1. The van der Waals surface area contributed by atoms with Gasteiger partial charge in [-0.15, -0.1) is 0 Å². The number of sulfone groups is 1. The first-order chi connectivity index (χ1) is 17.2. The summed E-state index contributed by atoms with van der Waals surface area (Å²) in [7, 11) is -3.73. The number of hydrogen-bond acceptors (Lipinski definition) is 6. The summed E-state index contributed by atoms with van der Waals surface area (Å²) in [5, 5.41) is 16.5. The lowest BCUT2D eigenvalue weighted by atomic mass is 9.88. The second kappa shape index (κ2) is 9.26. The lowest BCUT2D eigenvalue weighted by molar-refractivity contribution is 0.282. The quantitative estimate of drug-likeness (QED) is 0.420. The summed E-state index contributed by atoms with van der Waals surface area (Å²) in [6.45, 7) is 3.88. The number of rotatable bonds is 5. The number of anilines is 2. The fourth-order valence-electron chi connectivity index (χ4n) is 5.02. The molecule has 188 valence electrons. The molecule has 5 rings (SSSR count). The molecule has 0 bridgehead atoms. The molecule has 0 radical (unpaired) electrons. The van der Waals surface area contributed by atoms with Gasteiger partial charge in [-0.05, 0) is 35.6 Å². The number of hydrogen-bond donors (Lipinski definition) is 3. The van der Waals surface area contributed by atoms with Gasteiger partial charge in [-0.2, -0.15) is 0 Å². The zero-order valence-electron chi connectivity index (χ0n) is 20.2. The maximum atomic E-state index is 15.6. The minimum Gasteiger partial charge on any atom is -0.489 e. The molecule has 1 atom stereocenters. The maximum absolute atomic E-state index is 15.6. The van der Waals surface area contributed by atoms with Crippen LogP contribution in [0, 0.1) is 11.2 Å². The Morgan fingerprint density at radius 3 is 2.58 bits per heavy atom. The normalized spacial score (nSPS) is 19.8. The van der Waals surface area contributed by atoms with E-state index >= 15 is 4.39 Å². The molecular formula is C28H29FN2O4S. The van der Waals surface area contributed by atoms with E-state index in [0.717, 1.165) is 5.56 Å². The van der Waals surface area contributed by atoms with Crippen LogP contribution in [0.5, 0.6) is 5.75 Å². The van der Waals surface area contributed by atoms with E-state index in [1.807, 2.05) is 44.2 Å². The van der Waals surface area contributed by atoms with E-state index in [-0.39, 0.29) is 22.8 Å². The second-order valence-corrected chi connectivity index (χ2v) is 12.1. The van der Waals surface area contributed by atoms with E-state index in [1.54, 1.807) is 30.3 Å². The maximum Gasteiger partial charge on any atom is 0.179 e. The molecule has 3 N–H and O–H groups in total. The number of fused-ring (bicyclic) bond motifs is 1. The molecule has 2 aliphatic rings. The second-order valence-electron chi connectivity index (χ2n) is 10.1. The Balaban J connectivity index is 1.57. The number of allylic oxidation sites excluding steroid dienone is 1. The van der Waals surface area contributed by atoms with Crippen LogP contribution in [0.25, 0.3) is 0 Å². The minimum atomic E-state index is -3.73. The molecule has 36 heavy (non-hydrogen) atoms. The van der Waals surface area contributed by atoms with Crippen molar-refractivity contribution in [2.24, 2.45) is 5.41 Å². The van der Waals surface area contributed by atoms with Gasteiger partial charge < -0.3 is 20.5 Å². The lowest BCUT2D eigenvalue weighted by Crippen LogP contribution is -2.35. The third kappa shape index (κ3) is 4.70. The molecule has 0 saturated heterocycles. The Labute approximate surface area is 210 Å². The van der Waals surface area contributed by atoms with Crippen LogP contribution in [0.2, 0.25) is 0 Å². The summed E-state index contributed by atoms with van der Waals surface area (Å²) in [6.07, 6.45) is 0.471. The van der Waals surface area contributed by atoms with E-state index in [9.17, 15) is 13.5 Å². The Morgan fingerprint density at radius 1 is 1.08 bits per heavy atom. The molecule has 0 saturated carbocycles. The van der Waals surface area contributed by atoms with Gasteiger partial charge >= 0.3 is 0 Å². The van der Waals surface area contributed by atoms with Crippen LogP contribution in [0.3, 0.4) is 0 Å². The van der Waals surface area contributed by atoms with Gasteiger partial charge in [-0.3, -0.25) is 0 Å². The number of aliphatic hydroxyl groups excluding tert-OH is 1. The van der Waals surface area contributed by atoms with Crippen LogP contribution in [0.15, 0.2) is 77.3 Å². The van der Waals surface area contributed by atoms with Gasteiger partial charge in [0, 0.05) is 22.9 Å². The zero-order valence-corrected chi connectivity index (χ0v) is 21.0. The predicted octanol–water partition coefficient (Wildman–Crippen LogP) is 5.53. The number of benzene rings is 3.